The molecule has 30 heavy (non-hydrogen) atoms. The van der Waals surface area contributed by atoms with Crippen LogP contribution in [0.15, 0.2) is 48.5 Å². The molecule has 0 aromatic heterocycles. The third kappa shape index (κ3) is 4.10. The Morgan fingerprint density at radius 2 is 1.70 bits per heavy atom. The molecule has 158 valence electrons. The van der Waals surface area contributed by atoms with Crippen LogP contribution in [0.2, 0.25) is 0 Å². The molecule has 3 heterocycles. The van der Waals surface area contributed by atoms with Crippen molar-refractivity contribution in [1.29, 1.82) is 0 Å². The van der Waals surface area contributed by atoms with Gasteiger partial charge < -0.3 is 19.3 Å². The first kappa shape index (κ1) is 19.2. The van der Waals surface area contributed by atoms with E-state index in [1.54, 1.807) is 0 Å². The van der Waals surface area contributed by atoms with Gasteiger partial charge in [0.1, 0.15) is 0 Å². The van der Waals surface area contributed by atoms with E-state index in [0.29, 0.717) is 19.4 Å². The standard InChI is InChI=1S/C24H29N3O3/c28-24-17-27(15-14-26(24)11-8-19-4-2-1-3-5-19)20-9-12-25(13-10-20)21-6-7-22-23(16-21)30-18-29-22/h1-7,16,20H,8-15,17-18H2. The molecular weight excluding hydrogens is 378 g/mol. The lowest BCUT2D eigenvalue weighted by atomic mass is 10.0. The van der Waals surface area contributed by atoms with Crippen molar-refractivity contribution in [2.24, 2.45) is 0 Å². The smallest absolute Gasteiger partial charge is 0.236 e. The first-order valence-electron chi connectivity index (χ1n) is 11.0. The average molecular weight is 408 g/mol. The number of ether oxygens (including phenoxy) is 2. The number of fused-ring (bicyclic) bond motifs is 1. The highest BCUT2D eigenvalue weighted by molar-refractivity contribution is 5.79. The molecule has 0 atom stereocenters. The quantitative estimate of drug-likeness (QED) is 0.763. The zero-order chi connectivity index (χ0) is 20.3. The Morgan fingerprint density at radius 1 is 0.900 bits per heavy atom. The first-order valence-corrected chi connectivity index (χ1v) is 11.0. The first-order chi connectivity index (χ1) is 14.8. The molecule has 0 spiro atoms. The van der Waals surface area contributed by atoms with Crippen LogP contribution in [0.1, 0.15) is 18.4 Å². The molecule has 2 aromatic rings. The number of rotatable bonds is 5. The van der Waals surface area contributed by atoms with Crippen molar-refractivity contribution in [3.05, 3.63) is 54.1 Å². The molecule has 1 amide bonds. The van der Waals surface area contributed by atoms with E-state index in [1.807, 2.05) is 17.0 Å². The van der Waals surface area contributed by atoms with Gasteiger partial charge in [-0.3, -0.25) is 9.69 Å². The second-order valence-corrected chi connectivity index (χ2v) is 8.34. The van der Waals surface area contributed by atoms with Gasteiger partial charge in [0.25, 0.3) is 0 Å². The Bertz CT molecular complexity index is 881. The number of piperidine rings is 1. The summed E-state index contributed by atoms with van der Waals surface area (Å²) in [6, 6.07) is 17.1. The minimum absolute atomic E-state index is 0.274. The van der Waals surface area contributed by atoms with E-state index in [0.717, 1.165) is 63.5 Å². The summed E-state index contributed by atoms with van der Waals surface area (Å²) in [6.45, 7) is 5.53. The van der Waals surface area contributed by atoms with Gasteiger partial charge in [0.05, 0.1) is 6.54 Å². The number of carbonyl (C=O) groups is 1. The monoisotopic (exact) mass is 407 g/mol. The maximum atomic E-state index is 12.7. The highest BCUT2D eigenvalue weighted by Crippen LogP contribution is 2.36. The molecule has 2 fully saturated rings. The fourth-order valence-electron chi connectivity index (χ4n) is 4.75. The Morgan fingerprint density at radius 3 is 2.50 bits per heavy atom. The minimum atomic E-state index is 0.274. The molecule has 5 rings (SSSR count). The molecule has 0 N–H and O–H groups in total. The number of carbonyl (C=O) groups excluding carboxylic acids is 1. The molecule has 0 bridgehead atoms. The van der Waals surface area contributed by atoms with Crippen molar-refractivity contribution >= 4 is 11.6 Å². The lowest BCUT2D eigenvalue weighted by molar-refractivity contribution is -0.137. The number of hydrogen-bond donors (Lipinski definition) is 0. The van der Waals surface area contributed by atoms with Gasteiger partial charge in [0, 0.05) is 50.5 Å². The zero-order valence-electron chi connectivity index (χ0n) is 17.3. The van der Waals surface area contributed by atoms with Gasteiger partial charge in [-0.15, -0.1) is 0 Å². The van der Waals surface area contributed by atoms with Crippen molar-refractivity contribution in [1.82, 2.24) is 9.80 Å². The summed E-state index contributed by atoms with van der Waals surface area (Å²) in [5.74, 6) is 1.94. The van der Waals surface area contributed by atoms with Gasteiger partial charge in [-0.25, -0.2) is 0 Å². The van der Waals surface area contributed by atoms with E-state index >= 15 is 0 Å². The van der Waals surface area contributed by atoms with Crippen LogP contribution < -0.4 is 14.4 Å². The largest absolute Gasteiger partial charge is 0.454 e. The second kappa shape index (κ2) is 8.56. The van der Waals surface area contributed by atoms with Crippen LogP contribution in [-0.4, -0.2) is 67.8 Å². The SMILES string of the molecule is O=C1CN(C2CCN(c3ccc4c(c3)OCO4)CC2)CCN1CCc1ccccc1. The van der Waals surface area contributed by atoms with Crippen molar-refractivity contribution < 1.29 is 14.3 Å². The number of hydrogen-bond acceptors (Lipinski definition) is 5. The van der Waals surface area contributed by atoms with E-state index in [-0.39, 0.29) is 5.91 Å². The van der Waals surface area contributed by atoms with Crippen LogP contribution in [0, 0.1) is 0 Å². The predicted octanol–water partition coefficient (Wildman–Crippen LogP) is 2.77. The highest BCUT2D eigenvalue weighted by atomic mass is 16.7. The molecule has 0 saturated carbocycles. The summed E-state index contributed by atoms with van der Waals surface area (Å²) in [5.41, 5.74) is 2.49. The topological polar surface area (TPSA) is 45.3 Å². The van der Waals surface area contributed by atoms with E-state index in [1.165, 1.54) is 11.3 Å². The average Bonchev–Trinajstić information content (AvgIpc) is 3.27. The Labute approximate surface area is 178 Å². The fraction of sp³-hybridized carbons (Fsp3) is 0.458. The fourth-order valence-corrected chi connectivity index (χ4v) is 4.75. The number of nitrogens with zero attached hydrogens (tertiary/aromatic N) is 3. The summed E-state index contributed by atoms with van der Waals surface area (Å²) in [7, 11) is 0. The molecule has 6 heteroatoms. The summed E-state index contributed by atoms with van der Waals surface area (Å²) in [5, 5.41) is 0. The van der Waals surface area contributed by atoms with E-state index < -0.39 is 0 Å². The molecular formula is C24H29N3O3. The number of benzene rings is 2. The van der Waals surface area contributed by atoms with Crippen LogP contribution in [0.5, 0.6) is 11.5 Å². The van der Waals surface area contributed by atoms with Crippen molar-refractivity contribution in [3.8, 4) is 11.5 Å². The summed E-state index contributed by atoms with van der Waals surface area (Å²) < 4.78 is 10.9. The van der Waals surface area contributed by atoms with E-state index in [4.69, 9.17) is 9.47 Å². The van der Waals surface area contributed by atoms with Gasteiger partial charge in [0.2, 0.25) is 12.7 Å². The molecule has 2 aromatic carbocycles. The molecule has 3 aliphatic heterocycles. The van der Waals surface area contributed by atoms with Gasteiger partial charge in [-0.05, 0) is 37.0 Å². The van der Waals surface area contributed by atoms with Gasteiger partial charge >= 0.3 is 0 Å². The maximum Gasteiger partial charge on any atom is 0.236 e. The van der Waals surface area contributed by atoms with Gasteiger partial charge in [-0.2, -0.15) is 0 Å². The van der Waals surface area contributed by atoms with Crippen LogP contribution >= 0.6 is 0 Å². The highest BCUT2D eigenvalue weighted by Gasteiger charge is 2.31. The minimum Gasteiger partial charge on any atom is -0.454 e. The third-order valence-electron chi connectivity index (χ3n) is 6.56. The van der Waals surface area contributed by atoms with E-state index in [2.05, 4.69) is 46.2 Å². The van der Waals surface area contributed by atoms with Crippen molar-refractivity contribution in [2.45, 2.75) is 25.3 Å². The van der Waals surface area contributed by atoms with Crippen molar-refractivity contribution in [2.75, 3.05) is 51.0 Å². The van der Waals surface area contributed by atoms with Crippen LogP contribution in [0.3, 0.4) is 0 Å². The second-order valence-electron chi connectivity index (χ2n) is 8.34. The van der Waals surface area contributed by atoms with E-state index in [9.17, 15) is 4.79 Å². The summed E-state index contributed by atoms with van der Waals surface area (Å²) in [6.07, 6.45) is 3.11. The molecule has 3 aliphatic rings. The van der Waals surface area contributed by atoms with Crippen LogP contribution in [-0.2, 0) is 11.2 Å². The van der Waals surface area contributed by atoms with Gasteiger partial charge in [0.15, 0.2) is 11.5 Å². The summed E-state index contributed by atoms with van der Waals surface area (Å²) >= 11 is 0. The Hall–Kier alpha value is -2.73. The van der Waals surface area contributed by atoms with Crippen LogP contribution in [0.4, 0.5) is 5.69 Å². The van der Waals surface area contributed by atoms with Crippen LogP contribution in [0.25, 0.3) is 0 Å². The number of amides is 1. The van der Waals surface area contributed by atoms with Gasteiger partial charge in [-0.1, -0.05) is 30.3 Å². The van der Waals surface area contributed by atoms with Crippen molar-refractivity contribution in [3.63, 3.8) is 0 Å². The zero-order valence-corrected chi connectivity index (χ0v) is 17.3. The molecule has 2 saturated heterocycles. The maximum absolute atomic E-state index is 12.7. The predicted molar refractivity (Wildman–Crippen MR) is 116 cm³/mol. The molecule has 0 aliphatic carbocycles. The lowest BCUT2D eigenvalue weighted by Gasteiger charge is -2.43. The molecule has 0 radical (unpaired) electrons. The Balaban J connectivity index is 1.11. The third-order valence-corrected chi connectivity index (χ3v) is 6.56. The number of piperazine rings is 1. The lowest BCUT2D eigenvalue weighted by Crippen LogP contribution is -2.56. The normalized spacial score (nSPS) is 20.1. The number of anilines is 1. The molecule has 6 nitrogen and oxygen atoms in total. The molecule has 0 unspecified atom stereocenters. The Kier molecular flexibility index (Phi) is 5.49. The summed E-state index contributed by atoms with van der Waals surface area (Å²) in [4.78, 5) is 19.6.